The molecular formula is C15H19BrN2O2S. The lowest BCUT2D eigenvalue weighted by Gasteiger charge is -2.34. The number of amides is 2. The number of hydrogen-bond donors (Lipinski definition) is 1. The van der Waals surface area contributed by atoms with Crippen LogP contribution in [0.1, 0.15) is 23.2 Å². The van der Waals surface area contributed by atoms with Crippen LogP contribution in [0.25, 0.3) is 0 Å². The fraction of sp³-hybridized carbons (Fsp3) is 0.467. The van der Waals surface area contributed by atoms with Crippen molar-refractivity contribution in [3.8, 4) is 0 Å². The third kappa shape index (κ3) is 4.23. The second-order valence-corrected chi connectivity index (χ2v) is 6.81. The Hall–Kier alpha value is -1.01. The van der Waals surface area contributed by atoms with Crippen LogP contribution in [0.3, 0.4) is 0 Å². The van der Waals surface area contributed by atoms with E-state index in [0.29, 0.717) is 12.0 Å². The molecule has 1 saturated heterocycles. The van der Waals surface area contributed by atoms with Gasteiger partial charge in [0.25, 0.3) is 5.91 Å². The minimum atomic E-state index is -0.433. The highest BCUT2D eigenvalue weighted by molar-refractivity contribution is 9.10. The van der Waals surface area contributed by atoms with E-state index in [-0.39, 0.29) is 11.8 Å². The number of halogens is 1. The van der Waals surface area contributed by atoms with Gasteiger partial charge in [0.2, 0.25) is 5.91 Å². The molecule has 0 aromatic heterocycles. The second-order valence-electron chi connectivity index (χ2n) is 4.97. The van der Waals surface area contributed by atoms with Crippen LogP contribution in [0.2, 0.25) is 0 Å². The lowest BCUT2D eigenvalue weighted by Crippen LogP contribution is -2.53. The van der Waals surface area contributed by atoms with Gasteiger partial charge in [-0.1, -0.05) is 12.1 Å². The Labute approximate surface area is 137 Å². The van der Waals surface area contributed by atoms with E-state index in [9.17, 15) is 9.59 Å². The summed E-state index contributed by atoms with van der Waals surface area (Å²) in [7, 11) is 0. The highest BCUT2D eigenvalue weighted by atomic mass is 79.9. The van der Waals surface area contributed by atoms with Crippen molar-refractivity contribution in [3.05, 3.63) is 34.3 Å². The first-order valence-electron chi connectivity index (χ1n) is 6.96. The van der Waals surface area contributed by atoms with Crippen molar-refractivity contribution in [1.29, 1.82) is 0 Å². The molecule has 0 radical (unpaired) electrons. The first-order chi connectivity index (χ1) is 10.1. The predicted molar refractivity (Wildman–Crippen MR) is 89.6 cm³/mol. The highest BCUT2D eigenvalue weighted by Gasteiger charge is 2.29. The van der Waals surface area contributed by atoms with Gasteiger partial charge in [-0.15, -0.1) is 0 Å². The summed E-state index contributed by atoms with van der Waals surface area (Å²) in [6.07, 6.45) is 3.71. The van der Waals surface area contributed by atoms with Crippen molar-refractivity contribution >= 4 is 39.5 Å². The normalized spacial score (nSPS) is 15.2. The summed E-state index contributed by atoms with van der Waals surface area (Å²) < 4.78 is 0.738. The molecule has 1 aliphatic rings. The van der Waals surface area contributed by atoms with E-state index in [4.69, 9.17) is 0 Å². The smallest absolute Gasteiger partial charge is 0.253 e. The summed E-state index contributed by atoms with van der Waals surface area (Å²) in [5.74, 6) is 0.679. The Morgan fingerprint density at radius 2 is 2.10 bits per heavy atom. The van der Waals surface area contributed by atoms with E-state index in [0.717, 1.165) is 29.7 Å². The van der Waals surface area contributed by atoms with Crippen molar-refractivity contribution in [3.63, 3.8) is 0 Å². The van der Waals surface area contributed by atoms with Gasteiger partial charge in [-0.05, 0) is 52.9 Å². The zero-order chi connectivity index (χ0) is 15.2. The Morgan fingerprint density at radius 1 is 1.38 bits per heavy atom. The predicted octanol–water partition coefficient (Wildman–Crippen LogP) is 2.53. The number of nitrogens with one attached hydrogen (secondary N) is 1. The molecule has 0 saturated carbocycles. The van der Waals surface area contributed by atoms with Gasteiger partial charge in [0.1, 0.15) is 6.04 Å². The molecule has 0 spiro atoms. The fourth-order valence-electron chi connectivity index (χ4n) is 2.13. The molecule has 1 aromatic carbocycles. The summed E-state index contributed by atoms with van der Waals surface area (Å²) in [6.45, 7) is 1.61. The highest BCUT2D eigenvalue weighted by Crippen LogP contribution is 2.17. The van der Waals surface area contributed by atoms with Crippen molar-refractivity contribution in [2.75, 3.05) is 25.1 Å². The molecule has 0 aliphatic carbocycles. The minimum absolute atomic E-state index is 0.0377. The monoisotopic (exact) mass is 370 g/mol. The van der Waals surface area contributed by atoms with Crippen molar-refractivity contribution in [2.45, 2.75) is 18.9 Å². The van der Waals surface area contributed by atoms with Crippen LogP contribution in [0.15, 0.2) is 28.7 Å². The second kappa shape index (κ2) is 7.84. The van der Waals surface area contributed by atoms with Gasteiger partial charge in [0.15, 0.2) is 0 Å². The van der Waals surface area contributed by atoms with Crippen LogP contribution in [0.5, 0.6) is 0 Å². The van der Waals surface area contributed by atoms with Gasteiger partial charge in [0.05, 0.1) is 5.56 Å². The Balaban J connectivity index is 2.05. The average molecular weight is 371 g/mol. The fourth-order valence-corrected chi connectivity index (χ4v) is 3.07. The molecule has 1 N–H and O–H groups in total. The van der Waals surface area contributed by atoms with Gasteiger partial charge in [-0.3, -0.25) is 9.59 Å². The summed E-state index contributed by atoms with van der Waals surface area (Å²) in [5.41, 5.74) is 0.558. The zero-order valence-corrected chi connectivity index (χ0v) is 14.4. The summed E-state index contributed by atoms with van der Waals surface area (Å²) in [5, 5.41) is 2.88. The average Bonchev–Trinajstić information content (AvgIpc) is 2.41. The van der Waals surface area contributed by atoms with Gasteiger partial charge in [-0.2, -0.15) is 11.8 Å². The van der Waals surface area contributed by atoms with Crippen molar-refractivity contribution in [1.82, 2.24) is 10.2 Å². The molecule has 0 bridgehead atoms. The van der Waals surface area contributed by atoms with E-state index in [1.54, 1.807) is 17.8 Å². The van der Waals surface area contributed by atoms with E-state index in [1.807, 2.05) is 29.4 Å². The molecule has 1 atom stereocenters. The van der Waals surface area contributed by atoms with Crippen LogP contribution in [-0.2, 0) is 4.79 Å². The molecule has 1 heterocycles. The molecule has 1 aliphatic heterocycles. The molecule has 4 nitrogen and oxygen atoms in total. The molecule has 1 fully saturated rings. The first kappa shape index (κ1) is 16.4. The van der Waals surface area contributed by atoms with Crippen LogP contribution in [0, 0.1) is 0 Å². The van der Waals surface area contributed by atoms with Crippen molar-refractivity contribution < 1.29 is 9.59 Å². The number of hydrogen-bond acceptors (Lipinski definition) is 3. The van der Waals surface area contributed by atoms with Crippen LogP contribution < -0.4 is 5.32 Å². The number of benzene rings is 1. The lowest BCUT2D eigenvalue weighted by atomic mass is 10.1. The van der Waals surface area contributed by atoms with Gasteiger partial charge in [0, 0.05) is 17.6 Å². The summed E-state index contributed by atoms with van der Waals surface area (Å²) in [4.78, 5) is 26.5. The van der Waals surface area contributed by atoms with Crippen molar-refractivity contribution in [2.24, 2.45) is 0 Å². The largest absolute Gasteiger partial charge is 0.341 e. The molecule has 6 heteroatoms. The SMILES string of the molecule is CSCC[C@H](NC(=O)c1ccccc1Br)C(=O)N1CCC1. The zero-order valence-electron chi connectivity index (χ0n) is 12.0. The number of nitrogens with zero attached hydrogens (tertiary/aromatic N) is 1. The number of carbonyl (C=O) groups is 2. The van der Waals surface area contributed by atoms with Crippen LogP contribution >= 0.6 is 27.7 Å². The Morgan fingerprint density at radius 3 is 2.67 bits per heavy atom. The standard InChI is InChI=1S/C15H19BrN2O2S/c1-21-10-7-13(15(20)18-8-4-9-18)17-14(19)11-5-2-3-6-12(11)16/h2-3,5-6,13H,4,7-10H2,1H3,(H,17,19)/t13-/m0/s1. The topological polar surface area (TPSA) is 49.4 Å². The van der Waals surface area contributed by atoms with Gasteiger partial charge in [-0.25, -0.2) is 0 Å². The van der Waals surface area contributed by atoms with Gasteiger partial charge < -0.3 is 10.2 Å². The third-order valence-corrected chi connectivity index (χ3v) is 4.84. The lowest BCUT2D eigenvalue weighted by molar-refractivity contribution is -0.136. The molecule has 114 valence electrons. The number of rotatable bonds is 6. The van der Waals surface area contributed by atoms with Crippen LogP contribution in [-0.4, -0.2) is 47.9 Å². The molecule has 21 heavy (non-hydrogen) atoms. The first-order valence-corrected chi connectivity index (χ1v) is 9.15. The molecule has 2 amide bonds. The summed E-state index contributed by atoms with van der Waals surface area (Å²) >= 11 is 5.05. The Kier molecular flexibility index (Phi) is 6.11. The maximum atomic E-state index is 12.4. The maximum absolute atomic E-state index is 12.4. The van der Waals surface area contributed by atoms with Gasteiger partial charge >= 0.3 is 0 Å². The molecule has 0 unspecified atom stereocenters. The van der Waals surface area contributed by atoms with Crippen LogP contribution in [0.4, 0.5) is 0 Å². The summed E-state index contributed by atoms with van der Waals surface area (Å²) in [6, 6.07) is 6.81. The number of carbonyl (C=O) groups excluding carboxylic acids is 2. The third-order valence-electron chi connectivity index (χ3n) is 3.50. The molecule has 2 rings (SSSR count). The van der Waals surface area contributed by atoms with E-state index >= 15 is 0 Å². The number of likely N-dealkylation sites (tertiary alicyclic amines) is 1. The molecular weight excluding hydrogens is 352 g/mol. The van der Waals surface area contributed by atoms with E-state index in [1.165, 1.54) is 0 Å². The number of thioether (sulfide) groups is 1. The Bertz CT molecular complexity index is 520. The molecule has 1 aromatic rings. The van der Waals surface area contributed by atoms with E-state index in [2.05, 4.69) is 21.2 Å². The quantitative estimate of drug-likeness (QED) is 0.836. The minimum Gasteiger partial charge on any atom is -0.341 e. The van der Waals surface area contributed by atoms with E-state index < -0.39 is 6.04 Å². The maximum Gasteiger partial charge on any atom is 0.253 e.